The van der Waals surface area contributed by atoms with Gasteiger partial charge in [-0.05, 0) is 70.6 Å². The maximum absolute atomic E-state index is 13.0. The van der Waals surface area contributed by atoms with Crippen LogP contribution >= 0.6 is 0 Å². The molecule has 9 N–H and O–H groups in total. The Hall–Kier alpha value is -3.09. The summed E-state index contributed by atoms with van der Waals surface area (Å²) in [5.41, 5.74) is 0. The number of aliphatic hydroxyl groups excluding tert-OH is 8. The molecule has 2 heterocycles. The molecule has 12 atom stereocenters. The Balaban J connectivity index is 1.81. The van der Waals surface area contributed by atoms with E-state index in [0.29, 0.717) is 12.8 Å². The zero-order chi connectivity index (χ0) is 46.1. The summed E-state index contributed by atoms with van der Waals surface area (Å²) in [7, 11) is 0. The van der Waals surface area contributed by atoms with E-state index in [1.807, 2.05) is 12.2 Å². The Kier molecular flexibility index (Phi) is 31.3. The molecule has 0 aromatic heterocycles. The number of allylic oxidation sites excluding steroid dienone is 15. The second kappa shape index (κ2) is 35.2. The molecular weight excluding hydrogens is 811 g/mol. The fourth-order valence-electron chi connectivity index (χ4n) is 6.75. The fourth-order valence-corrected chi connectivity index (χ4v) is 6.75. The lowest BCUT2D eigenvalue weighted by Crippen LogP contribution is -2.65. The Morgan fingerprint density at radius 1 is 0.587 bits per heavy atom. The highest BCUT2D eigenvalue weighted by atomic mass is 16.7. The first-order valence-corrected chi connectivity index (χ1v) is 23.0. The van der Waals surface area contributed by atoms with Crippen molar-refractivity contribution >= 4 is 5.91 Å². The molecule has 14 nitrogen and oxygen atoms in total. The van der Waals surface area contributed by atoms with Gasteiger partial charge in [0.1, 0.15) is 48.8 Å². The molecule has 0 aromatic carbocycles. The van der Waals surface area contributed by atoms with Crippen molar-refractivity contribution in [1.82, 2.24) is 5.32 Å². The number of nitrogens with one attached hydrogen (secondary N) is 1. The number of aliphatic hydroxyl groups is 8. The van der Waals surface area contributed by atoms with Gasteiger partial charge in [0.15, 0.2) is 12.6 Å². The van der Waals surface area contributed by atoms with E-state index in [4.69, 9.17) is 18.9 Å². The highest BCUT2D eigenvalue weighted by Crippen LogP contribution is 2.29. The van der Waals surface area contributed by atoms with Crippen LogP contribution in [0.2, 0.25) is 0 Å². The smallest absolute Gasteiger partial charge is 0.220 e. The molecule has 63 heavy (non-hydrogen) atoms. The first-order chi connectivity index (χ1) is 30.6. The predicted molar refractivity (Wildman–Crippen MR) is 244 cm³/mol. The van der Waals surface area contributed by atoms with Crippen LogP contribution in [0.1, 0.15) is 110 Å². The predicted octanol–water partition coefficient (Wildman–Crippen LogP) is 4.81. The minimum absolute atomic E-state index is 0.193. The van der Waals surface area contributed by atoms with Gasteiger partial charge in [0.2, 0.25) is 5.91 Å². The summed E-state index contributed by atoms with van der Waals surface area (Å²) < 4.78 is 22.5. The van der Waals surface area contributed by atoms with E-state index in [2.05, 4.69) is 98.2 Å². The monoisotopic (exact) mass is 890 g/mol. The average Bonchev–Trinajstić information content (AvgIpc) is 3.28. The summed E-state index contributed by atoms with van der Waals surface area (Å²) in [5, 5.41) is 86.1. The highest BCUT2D eigenvalue weighted by molar-refractivity contribution is 5.76. The Morgan fingerprint density at radius 3 is 1.63 bits per heavy atom. The fraction of sp³-hybridized carbons (Fsp3) is 0.653. The van der Waals surface area contributed by atoms with Crippen molar-refractivity contribution in [1.29, 1.82) is 0 Å². The zero-order valence-corrected chi connectivity index (χ0v) is 37.5. The molecule has 0 spiro atoms. The highest BCUT2D eigenvalue weighted by Gasteiger charge is 2.50. The summed E-state index contributed by atoms with van der Waals surface area (Å²) in [6.45, 7) is 2.49. The third-order valence-electron chi connectivity index (χ3n) is 10.5. The standard InChI is InChI=1S/C49H79NO13/c1-3-5-7-9-11-12-13-14-15-16-17-18-19-20-21-22-23-24-25-26-27-29-31-33-41(54)50-37(38(53)32-30-28-10-8-6-4-2)36-60-48-46(59)44(57)47(40(35-52)62-48)63-49-45(58)43(56)42(55)39(34-51)61-49/h5,7,11-12,14-15,17-18,20-21,23-24,26-27,30,32,37-40,42-49,51-53,55-59H,3-4,6,8-10,13,16,19,22,25,28-29,31,33-36H2,1-2H3,(H,50,54)/b7-5-,12-11-,15-14-,18-17-,21-20-,24-23-,27-26-,32-30+. The minimum Gasteiger partial charge on any atom is -0.394 e. The minimum atomic E-state index is -1.80. The molecule has 0 aromatic rings. The summed E-state index contributed by atoms with van der Waals surface area (Å²) in [4.78, 5) is 13.0. The van der Waals surface area contributed by atoms with Crippen molar-refractivity contribution in [3.63, 3.8) is 0 Å². The van der Waals surface area contributed by atoms with E-state index in [1.54, 1.807) is 6.08 Å². The van der Waals surface area contributed by atoms with Gasteiger partial charge in [-0.3, -0.25) is 4.79 Å². The first kappa shape index (κ1) is 56.0. The first-order valence-electron chi connectivity index (χ1n) is 23.0. The Labute approximate surface area is 375 Å². The van der Waals surface area contributed by atoms with E-state index in [0.717, 1.165) is 77.0 Å². The van der Waals surface area contributed by atoms with Crippen LogP contribution < -0.4 is 5.32 Å². The van der Waals surface area contributed by atoms with Crippen molar-refractivity contribution in [2.45, 2.75) is 184 Å². The third-order valence-corrected chi connectivity index (χ3v) is 10.5. The number of carbonyl (C=O) groups is 1. The Bertz CT molecular complexity index is 1420. The molecular formula is C49H79NO13. The molecule has 0 saturated carbocycles. The zero-order valence-electron chi connectivity index (χ0n) is 37.5. The topological polar surface area (TPSA) is 228 Å². The summed E-state index contributed by atoms with van der Waals surface area (Å²) in [5.74, 6) is -0.310. The van der Waals surface area contributed by atoms with Crippen molar-refractivity contribution in [2.24, 2.45) is 0 Å². The van der Waals surface area contributed by atoms with Gasteiger partial charge < -0.3 is 65.1 Å². The van der Waals surface area contributed by atoms with Crippen LogP contribution in [0.3, 0.4) is 0 Å². The van der Waals surface area contributed by atoms with Crippen LogP contribution in [0, 0.1) is 0 Å². The molecule has 1 amide bonds. The van der Waals surface area contributed by atoms with Gasteiger partial charge in [-0.2, -0.15) is 0 Å². The number of rotatable bonds is 32. The van der Waals surface area contributed by atoms with E-state index in [9.17, 15) is 45.6 Å². The number of carbonyl (C=O) groups excluding carboxylic acids is 1. The normalized spacial score (nSPS) is 28.4. The molecule has 12 unspecified atom stereocenters. The SMILES string of the molecule is CC/C=C\C/C=C\C/C=C\C/C=C\C/C=C\C/C=C\C/C=C\CCCC(=O)NC(COC1OC(CO)C(OC2OC(CO)C(O)C(O)C2O)C(O)C1O)C(O)/C=C/CCCCCC. The van der Waals surface area contributed by atoms with E-state index in [1.165, 1.54) is 0 Å². The third kappa shape index (κ3) is 23.1. The van der Waals surface area contributed by atoms with Crippen molar-refractivity contribution < 1.29 is 64.6 Å². The van der Waals surface area contributed by atoms with E-state index < -0.39 is 86.8 Å². The van der Waals surface area contributed by atoms with E-state index in [-0.39, 0.29) is 18.9 Å². The Morgan fingerprint density at radius 2 is 1.10 bits per heavy atom. The summed E-state index contributed by atoms with van der Waals surface area (Å²) >= 11 is 0. The number of ether oxygens (including phenoxy) is 4. The molecule has 0 radical (unpaired) electrons. The molecule has 358 valence electrons. The van der Waals surface area contributed by atoms with Gasteiger partial charge in [-0.25, -0.2) is 0 Å². The van der Waals surface area contributed by atoms with Gasteiger partial charge in [-0.15, -0.1) is 0 Å². The lowest BCUT2D eigenvalue weighted by molar-refractivity contribution is -0.359. The lowest BCUT2D eigenvalue weighted by Gasteiger charge is -2.46. The van der Waals surface area contributed by atoms with Crippen LogP contribution in [-0.4, -0.2) is 140 Å². The number of amides is 1. The van der Waals surface area contributed by atoms with Gasteiger partial charge in [-0.1, -0.05) is 130 Å². The molecule has 14 heteroatoms. The van der Waals surface area contributed by atoms with Crippen molar-refractivity contribution in [2.75, 3.05) is 19.8 Å². The largest absolute Gasteiger partial charge is 0.394 e. The molecule has 2 saturated heterocycles. The van der Waals surface area contributed by atoms with Crippen LogP contribution in [0.25, 0.3) is 0 Å². The number of hydrogen-bond acceptors (Lipinski definition) is 13. The maximum atomic E-state index is 13.0. The maximum Gasteiger partial charge on any atom is 0.220 e. The molecule has 2 aliphatic rings. The molecule has 2 fully saturated rings. The second-order valence-corrected chi connectivity index (χ2v) is 15.8. The lowest BCUT2D eigenvalue weighted by atomic mass is 9.97. The average molecular weight is 890 g/mol. The quantitative estimate of drug-likeness (QED) is 0.0327. The van der Waals surface area contributed by atoms with E-state index >= 15 is 0 Å². The molecule has 0 aliphatic carbocycles. The summed E-state index contributed by atoms with van der Waals surface area (Å²) in [6.07, 6.45) is 29.3. The van der Waals surface area contributed by atoms with Gasteiger partial charge >= 0.3 is 0 Å². The van der Waals surface area contributed by atoms with Crippen LogP contribution in [0.5, 0.6) is 0 Å². The van der Waals surface area contributed by atoms with Gasteiger partial charge in [0.05, 0.1) is 32.0 Å². The molecule has 0 bridgehead atoms. The van der Waals surface area contributed by atoms with Gasteiger partial charge in [0, 0.05) is 6.42 Å². The summed E-state index contributed by atoms with van der Waals surface area (Å²) in [6, 6.07) is -0.948. The number of unbranched alkanes of at least 4 members (excludes halogenated alkanes) is 5. The second-order valence-electron chi connectivity index (χ2n) is 15.8. The van der Waals surface area contributed by atoms with Crippen LogP contribution in [-0.2, 0) is 23.7 Å². The van der Waals surface area contributed by atoms with Crippen LogP contribution in [0.4, 0.5) is 0 Å². The van der Waals surface area contributed by atoms with Crippen molar-refractivity contribution in [3.8, 4) is 0 Å². The molecule has 2 aliphatic heterocycles. The molecule has 2 rings (SSSR count). The van der Waals surface area contributed by atoms with Gasteiger partial charge in [0.25, 0.3) is 0 Å². The van der Waals surface area contributed by atoms with Crippen LogP contribution in [0.15, 0.2) is 97.2 Å². The van der Waals surface area contributed by atoms with Crippen molar-refractivity contribution in [3.05, 3.63) is 97.2 Å². The number of hydrogen-bond donors (Lipinski definition) is 9.